The molecule has 1 fully saturated rings. The lowest BCUT2D eigenvalue weighted by atomic mass is 9.67. The molecule has 4 atom stereocenters. The Bertz CT molecular complexity index is 974. The molecule has 1 saturated heterocycles. The number of aldehydes is 1. The number of hydrogen-bond acceptors (Lipinski definition) is 4. The molecule has 0 amide bonds. The molecule has 1 aromatic heterocycles. The summed E-state index contributed by atoms with van der Waals surface area (Å²) in [5, 5.41) is 1.33. The number of piperidine rings is 1. The Balaban J connectivity index is 1.68. The van der Waals surface area contributed by atoms with Crippen molar-refractivity contribution in [3.05, 3.63) is 40.8 Å². The number of nitrogens with zero attached hydrogens (tertiary/aromatic N) is 2. The minimum atomic E-state index is 0.295. The summed E-state index contributed by atoms with van der Waals surface area (Å²) in [7, 11) is 6.11. The highest BCUT2D eigenvalue weighted by atomic mass is 16.5. The summed E-state index contributed by atoms with van der Waals surface area (Å²) >= 11 is 0. The molecular weight excluding hydrogens is 340 g/mol. The van der Waals surface area contributed by atoms with Crippen molar-refractivity contribution in [3.63, 3.8) is 0 Å². The van der Waals surface area contributed by atoms with Crippen LogP contribution in [0.4, 0.5) is 0 Å². The Morgan fingerprint density at radius 1 is 1.30 bits per heavy atom. The van der Waals surface area contributed by atoms with Gasteiger partial charge in [-0.05, 0) is 50.4 Å². The molecule has 0 saturated carbocycles. The van der Waals surface area contributed by atoms with Crippen molar-refractivity contribution >= 4 is 17.2 Å². The number of carbonyl (C=O) groups is 1. The Morgan fingerprint density at radius 2 is 2.11 bits per heavy atom. The second kappa shape index (κ2) is 5.86. The van der Waals surface area contributed by atoms with Crippen LogP contribution in [0.15, 0.2) is 29.5 Å². The molecule has 5 heteroatoms. The zero-order valence-electron chi connectivity index (χ0n) is 16.4. The van der Waals surface area contributed by atoms with Crippen molar-refractivity contribution in [2.24, 2.45) is 18.9 Å². The van der Waals surface area contributed by atoms with E-state index >= 15 is 0 Å². The fraction of sp³-hybridized carbons (Fsp3) is 0.500. The average Bonchev–Trinajstić information content (AvgIpc) is 2.94. The number of allylic oxidation sites excluding steroid dienone is 2. The van der Waals surface area contributed by atoms with Crippen molar-refractivity contribution in [2.45, 2.75) is 31.8 Å². The summed E-state index contributed by atoms with van der Waals surface area (Å²) in [4.78, 5) is 14.3. The molecule has 0 aliphatic carbocycles. The first-order chi connectivity index (χ1) is 13.0. The van der Waals surface area contributed by atoms with Gasteiger partial charge in [0, 0.05) is 41.7 Å². The van der Waals surface area contributed by atoms with E-state index in [0.29, 0.717) is 30.5 Å². The SMILES string of the molecule is COc1ccc2c3c(n(C)c2c1)[C@@H]1C[C@H]2C(C=O)=C(C)OC[C@H]2[C@H](C3)N1C. The summed E-state index contributed by atoms with van der Waals surface area (Å²) in [6.07, 6.45) is 3.00. The summed E-state index contributed by atoms with van der Waals surface area (Å²) in [5.74, 6) is 2.37. The van der Waals surface area contributed by atoms with E-state index in [9.17, 15) is 4.79 Å². The highest BCUT2D eigenvalue weighted by Crippen LogP contribution is 2.51. The maximum absolute atomic E-state index is 11.8. The third-order valence-electron chi connectivity index (χ3n) is 7.22. The Hall–Kier alpha value is -2.27. The summed E-state index contributed by atoms with van der Waals surface area (Å²) < 4.78 is 13.7. The van der Waals surface area contributed by atoms with Crippen LogP contribution in [0, 0.1) is 11.8 Å². The number of likely N-dealkylation sites (N-methyl/N-ethyl adjacent to an activating group) is 1. The number of fused-ring (bicyclic) bond motifs is 8. The third-order valence-corrected chi connectivity index (χ3v) is 7.22. The van der Waals surface area contributed by atoms with E-state index in [-0.39, 0.29) is 0 Å². The van der Waals surface area contributed by atoms with E-state index in [4.69, 9.17) is 9.47 Å². The first-order valence-electron chi connectivity index (χ1n) is 9.71. The first kappa shape index (κ1) is 16.9. The van der Waals surface area contributed by atoms with Gasteiger partial charge in [0.15, 0.2) is 0 Å². The lowest BCUT2D eigenvalue weighted by Gasteiger charge is -2.53. The standard InChI is InChI=1S/C22H26N2O3/c1-12-17(10-25)15-8-21-22-16(9-20(23(21)2)18(15)11-27-12)14-6-5-13(26-4)7-19(14)24(22)3/h5-7,10,15,18,20-21H,8-9,11H2,1-4H3/t15-,18+,20-,21-/m0/s1. The monoisotopic (exact) mass is 366 g/mol. The summed E-state index contributed by atoms with van der Waals surface area (Å²) in [5.41, 5.74) is 4.95. The molecule has 0 unspecified atom stereocenters. The van der Waals surface area contributed by atoms with Crippen LogP contribution in [-0.2, 0) is 23.0 Å². The van der Waals surface area contributed by atoms with Gasteiger partial charge in [0.2, 0.25) is 0 Å². The fourth-order valence-electron chi connectivity index (χ4n) is 5.79. The molecule has 27 heavy (non-hydrogen) atoms. The number of methoxy groups -OCH3 is 1. The molecule has 3 aliphatic rings. The van der Waals surface area contributed by atoms with Gasteiger partial charge in [0.1, 0.15) is 12.0 Å². The number of aromatic nitrogens is 1. The van der Waals surface area contributed by atoms with Gasteiger partial charge in [-0.3, -0.25) is 9.69 Å². The summed E-state index contributed by atoms with van der Waals surface area (Å²) in [6, 6.07) is 7.11. The van der Waals surface area contributed by atoms with Gasteiger partial charge < -0.3 is 14.0 Å². The van der Waals surface area contributed by atoms with Gasteiger partial charge in [-0.15, -0.1) is 0 Å². The van der Waals surface area contributed by atoms with E-state index in [1.807, 2.05) is 6.92 Å². The average molecular weight is 366 g/mol. The fourth-order valence-corrected chi connectivity index (χ4v) is 5.79. The van der Waals surface area contributed by atoms with Gasteiger partial charge in [-0.2, -0.15) is 0 Å². The van der Waals surface area contributed by atoms with Crippen LogP contribution < -0.4 is 4.74 Å². The maximum atomic E-state index is 11.8. The molecule has 1 aromatic carbocycles. The zero-order valence-corrected chi connectivity index (χ0v) is 16.4. The number of benzene rings is 1. The van der Waals surface area contributed by atoms with Gasteiger partial charge in [0.25, 0.3) is 0 Å². The smallest absolute Gasteiger partial charge is 0.149 e. The van der Waals surface area contributed by atoms with Crippen molar-refractivity contribution in [1.29, 1.82) is 0 Å². The highest BCUT2D eigenvalue weighted by molar-refractivity contribution is 5.87. The van der Waals surface area contributed by atoms with Crippen molar-refractivity contribution in [2.75, 3.05) is 20.8 Å². The van der Waals surface area contributed by atoms with Crippen LogP contribution in [0.1, 0.15) is 30.6 Å². The number of ether oxygens (including phenoxy) is 2. The van der Waals surface area contributed by atoms with E-state index in [0.717, 1.165) is 36.2 Å². The number of hydrogen-bond donors (Lipinski definition) is 0. The molecule has 142 valence electrons. The molecule has 2 aromatic rings. The Labute approximate surface area is 159 Å². The quantitative estimate of drug-likeness (QED) is 0.766. The van der Waals surface area contributed by atoms with Gasteiger partial charge in [-0.25, -0.2) is 0 Å². The van der Waals surface area contributed by atoms with Gasteiger partial charge >= 0.3 is 0 Å². The van der Waals surface area contributed by atoms with Crippen LogP contribution in [-0.4, -0.2) is 42.6 Å². The molecule has 3 aliphatic heterocycles. The molecule has 0 radical (unpaired) electrons. The van der Waals surface area contributed by atoms with E-state index in [1.165, 1.54) is 22.2 Å². The van der Waals surface area contributed by atoms with Crippen LogP contribution >= 0.6 is 0 Å². The predicted molar refractivity (Wildman–Crippen MR) is 104 cm³/mol. The lowest BCUT2D eigenvalue weighted by molar-refractivity contribution is -0.107. The van der Waals surface area contributed by atoms with Crippen LogP contribution in [0.25, 0.3) is 10.9 Å². The maximum Gasteiger partial charge on any atom is 0.149 e. The minimum Gasteiger partial charge on any atom is -0.497 e. The summed E-state index contributed by atoms with van der Waals surface area (Å²) in [6.45, 7) is 2.64. The molecule has 4 heterocycles. The van der Waals surface area contributed by atoms with Crippen LogP contribution in [0.3, 0.4) is 0 Å². The first-order valence-corrected chi connectivity index (χ1v) is 9.71. The van der Waals surface area contributed by atoms with E-state index < -0.39 is 0 Å². The normalized spacial score (nSPS) is 29.9. The van der Waals surface area contributed by atoms with Crippen molar-refractivity contribution in [3.8, 4) is 5.75 Å². The number of aryl methyl sites for hydroxylation is 1. The van der Waals surface area contributed by atoms with Crippen molar-refractivity contribution in [1.82, 2.24) is 9.47 Å². The molecule has 0 N–H and O–H groups in total. The number of carbonyl (C=O) groups excluding carboxylic acids is 1. The van der Waals surface area contributed by atoms with Crippen molar-refractivity contribution < 1.29 is 14.3 Å². The topological polar surface area (TPSA) is 43.7 Å². The zero-order chi connectivity index (χ0) is 18.9. The second-order valence-electron chi connectivity index (χ2n) is 8.21. The van der Waals surface area contributed by atoms with Crippen LogP contribution in [0.2, 0.25) is 0 Å². The van der Waals surface area contributed by atoms with Crippen LogP contribution in [0.5, 0.6) is 5.75 Å². The van der Waals surface area contributed by atoms with Gasteiger partial charge in [0.05, 0.1) is 31.0 Å². The van der Waals surface area contributed by atoms with Gasteiger partial charge in [-0.1, -0.05) is 0 Å². The molecular formula is C22H26N2O3. The number of rotatable bonds is 2. The third kappa shape index (κ3) is 2.18. The molecule has 5 rings (SSSR count). The second-order valence-corrected chi connectivity index (χ2v) is 8.21. The molecule has 0 spiro atoms. The Morgan fingerprint density at radius 3 is 2.85 bits per heavy atom. The Kier molecular flexibility index (Phi) is 3.66. The predicted octanol–water partition coefficient (Wildman–Crippen LogP) is 3.22. The molecule has 2 bridgehead atoms. The minimum absolute atomic E-state index is 0.295. The molecule has 5 nitrogen and oxygen atoms in total. The highest BCUT2D eigenvalue weighted by Gasteiger charge is 2.50. The lowest BCUT2D eigenvalue weighted by Crippen LogP contribution is -2.55. The van der Waals surface area contributed by atoms with E-state index in [1.54, 1.807) is 7.11 Å². The largest absolute Gasteiger partial charge is 0.497 e. The van der Waals surface area contributed by atoms with E-state index in [2.05, 4.69) is 41.8 Å².